The van der Waals surface area contributed by atoms with Crippen LogP contribution in [0.15, 0.2) is 126 Å². The quantitative estimate of drug-likeness (QED) is 0.0369. The number of hydrogen-bond acceptors (Lipinski definition) is 2. The van der Waals surface area contributed by atoms with Gasteiger partial charge in [-0.1, -0.05) is 97.9 Å². The maximum atomic E-state index is 13.8. The molecule has 0 aromatic heterocycles. The zero-order valence-corrected chi connectivity index (χ0v) is 31.7. The molecular weight excluding hydrogens is 887 g/mol. The molecule has 0 radical (unpaired) electrons. The third-order valence-electron chi connectivity index (χ3n) is 8.02. The number of carbonyl (C=O) groups excluding carboxylic acids is 1. The standard InChI is InChI=1S/C18H15P.C14H6F15N2O.C7H7.Ni/c1-4-10-16(11-5-1)19(17-12-6-2-7-13-17)18-14-8-3-9-15-18;15-8(16,7(32)5(4-30)6-2-1-3-31-6)9(17,18)10(19,20)11(21,22)12(23,24)13(25,26)14(27,28)29;1-7-5-3-2-4-6-7;/h1-15H;1-3H2;2-5H,1H3;/q;2*-1;+2. The first-order valence-corrected chi connectivity index (χ1v) is 17.7. The molecule has 0 fully saturated rings. The number of ketones is 1. The van der Waals surface area contributed by atoms with Crippen LogP contribution >= 0.6 is 7.92 Å². The summed E-state index contributed by atoms with van der Waals surface area (Å²) in [6.45, 7) is 1.75. The van der Waals surface area contributed by atoms with Crippen LogP contribution in [-0.4, -0.2) is 65.6 Å². The van der Waals surface area contributed by atoms with E-state index in [1.54, 1.807) is 0 Å². The molecule has 1 aliphatic heterocycles. The zero-order chi connectivity index (χ0) is 43.8. The average molecular weight is 915 g/mol. The molecule has 5 rings (SSSR count). The second-order valence-corrected chi connectivity index (χ2v) is 14.3. The molecule has 0 amide bonds. The summed E-state index contributed by atoms with van der Waals surface area (Å²) < 4.78 is 197. The van der Waals surface area contributed by atoms with Gasteiger partial charge in [0, 0.05) is 6.54 Å². The molecule has 320 valence electrons. The number of carbonyl (C=O) groups is 1. The molecule has 0 saturated heterocycles. The van der Waals surface area contributed by atoms with Crippen molar-refractivity contribution in [2.45, 2.75) is 61.5 Å². The van der Waals surface area contributed by atoms with E-state index in [1.807, 2.05) is 31.2 Å². The van der Waals surface area contributed by atoms with Gasteiger partial charge in [-0.15, -0.1) is 0 Å². The molecule has 0 bridgehead atoms. The van der Waals surface area contributed by atoms with Crippen LogP contribution in [0, 0.1) is 13.0 Å². The first-order valence-electron chi connectivity index (χ1n) is 16.4. The summed E-state index contributed by atoms with van der Waals surface area (Å²) in [7, 11) is -0.446. The average Bonchev–Trinajstić information content (AvgIpc) is 3.71. The van der Waals surface area contributed by atoms with Crippen LogP contribution in [0.4, 0.5) is 65.9 Å². The summed E-state index contributed by atoms with van der Waals surface area (Å²) in [6, 6.07) is 43.3. The predicted molar refractivity (Wildman–Crippen MR) is 189 cm³/mol. The third kappa shape index (κ3) is 10.5. The molecule has 4 aromatic carbocycles. The number of aliphatic imine (C=N–C) groups is 1. The molecule has 3 nitrogen and oxygen atoms in total. The maximum Gasteiger partial charge on any atom is 2.00 e. The van der Waals surface area contributed by atoms with Gasteiger partial charge < -0.3 is 5.41 Å². The number of rotatable bonds is 11. The molecule has 0 spiro atoms. The largest absolute Gasteiger partial charge is 2.00 e. The summed E-state index contributed by atoms with van der Waals surface area (Å²) in [5, 5.41) is 12.8. The fraction of sp³-hybridized carbons (Fsp3) is 0.282. The Bertz CT molecular complexity index is 1950. The number of Topliss-reactive ketones (excluding diaryl/α,β-unsaturated/α-hetero) is 1. The van der Waals surface area contributed by atoms with Gasteiger partial charge in [0.1, 0.15) is 0 Å². The molecule has 0 atom stereocenters. The van der Waals surface area contributed by atoms with Crippen molar-refractivity contribution in [3.63, 3.8) is 0 Å². The Kier molecular flexibility index (Phi) is 17.0. The monoisotopic (exact) mass is 914 g/mol. The Balaban J connectivity index is 0.000000369. The number of halogens is 15. The molecule has 59 heavy (non-hydrogen) atoms. The zero-order valence-electron chi connectivity index (χ0n) is 29.8. The van der Waals surface area contributed by atoms with Crippen molar-refractivity contribution in [2.75, 3.05) is 6.54 Å². The molecule has 1 heterocycles. The summed E-state index contributed by atoms with van der Waals surface area (Å²) >= 11 is 0. The van der Waals surface area contributed by atoms with Gasteiger partial charge in [0.25, 0.3) is 0 Å². The minimum absolute atomic E-state index is 0. The van der Waals surface area contributed by atoms with Crippen LogP contribution in [0.5, 0.6) is 0 Å². The fourth-order valence-electron chi connectivity index (χ4n) is 4.92. The molecule has 0 unspecified atom stereocenters. The minimum Gasteiger partial charge on any atom is -0.763 e. The molecule has 0 saturated carbocycles. The van der Waals surface area contributed by atoms with Crippen molar-refractivity contribution in [1.82, 2.24) is 0 Å². The van der Waals surface area contributed by atoms with Crippen molar-refractivity contribution in [1.29, 1.82) is 0 Å². The third-order valence-corrected chi connectivity index (χ3v) is 10.5. The van der Waals surface area contributed by atoms with Gasteiger partial charge in [-0.3, -0.25) is 15.7 Å². The van der Waals surface area contributed by atoms with Gasteiger partial charge in [0.2, 0.25) is 5.78 Å². The number of allylic oxidation sites excluding steroid dienone is 1. The number of hydrogen-bond donors (Lipinski definition) is 0. The summed E-state index contributed by atoms with van der Waals surface area (Å²) in [6.07, 6.45) is -8.31. The Morgan fingerprint density at radius 3 is 1.31 bits per heavy atom. The molecular formula is C39H28F15N2NiOP. The topological polar surface area (TPSA) is 51.7 Å². The van der Waals surface area contributed by atoms with Crippen LogP contribution in [0.1, 0.15) is 18.4 Å². The Morgan fingerprint density at radius 1 is 0.610 bits per heavy atom. The van der Waals surface area contributed by atoms with Crippen molar-refractivity contribution >= 4 is 41.2 Å². The number of nitrogens with zero attached hydrogens (tertiary/aromatic N) is 2. The predicted octanol–water partition coefficient (Wildman–Crippen LogP) is 10.6. The van der Waals surface area contributed by atoms with E-state index >= 15 is 0 Å². The van der Waals surface area contributed by atoms with Crippen LogP contribution in [0.2, 0.25) is 0 Å². The van der Waals surface area contributed by atoms with Crippen molar-refractivity contribution in [3.05, 3.63) is 138 Å². The Hall–Kier alpha value is -4.46. The molecule has 0 N–H and O–H groups in total. The van der Waals surface area contributed by atoms with Gasteiger partial charge in [-0.2, -0.15) is 102 Å². The van der Waals surface area contributed by atoms with Gasteiger partial charge >= 0.3 is 58.2 Å². The van der Waals surface area contributed by atoms with Gasteiger partial charge in [-0.25, -0.2) is 0 Å². The Morgan fingerprint density at radius 2 is 1.00 bits per heavy atom. The van der Waals surface area contributed by atoms with E-state index in [4.69, 9.17) is 5.41 Å². The number of benzene rings is 4. The van der Waals surface area contributed by atoms with E-state index < -0.39 is 73.1 Å². The first-order chi connectivity index (χ1) is 26.8. The van der Waals surface area contributed by atoms with Crippen molar-refractivity contribution < 1.29 is 87.1 Å². The number of aryl methyl sites for hydroxylation is 1. The first kappa shape index (κ1) is 50.7. The smallest absolute Gasteiger partial charge is 0.763 e. The van der Waals surface area contributed by atoms with Crippen molar-refractivity contribution in [2.24, 2.45) is 4.99 Å². The van der Waals surface area contributed by atoms with Crippen molar-refractivity contribution in [3.8, 4) is 0 Å². The summed E-state index contributed by atoms with van der Waals surface area (Å²) in [4.78, 5) is 14.8. The molecule has 20 heteroatoms. The summed E-state index contributed by atoms with van der Waals surface area (Å²) in [5.41, 5.74) is -1.82. The van der Waals surface area contributed by atoms with Gasteiger partial charge in [-0.05, 0) is 36.7 Å². The van der Waals surface area contributed by atoms with Crippen LogP contribution in [0.25, 0.3) is 5.41 Å². The van der Waals surface area contributed by atoms with Gasteiger partial charge in [0.05, 0.1) is 11.3 Å². The van der Waals surface area contributed by atoms with E-state index in [0.717, 1.165) is 0 Å². The normalized spacial score (nSPS) is 13.7. The number of alkyl halides is 15. The van der Waals surface area contributed by atoms with E-state index in [2.05, 4.69) is 102 Å². The van der Waals surface area contributed by atoms with Crippen LogP contribution < -0.4 is 15.9 Å². The van der Waals surface area contributed by atoms with Crippen LogP contribution in [-0.2, 0) is 21.3 Å². The molecule has 1 aliphatic rings. The van der Waals surface area contributed by atoms with E-state index in [0.29, 0.717) is 5.87 Å². The molecule has 4 aromatic rings. The summed E-state index contributed by atoms with van der Waals surface area (Å²) in [5.74, 6) is -51.6. The Labute approximate surface area is 338 Å². The van der Waals surface area contributed by atoms with E-state index in [-0.39, 0.29) is 29.5 Å². The second kappa shape index (κ2) is 19.7. The maximum absolute atomic E-state index is 13.8. The van der Waals surface area contributed by atoms with Crippen LogP contribution in [0.3, 0.4) is 0 Å². The van der Waals surface area contributed by atoms with E-state index in [9.17, 15) is 70.7 Å². The second-order valence-electron chi connectivity index (χ2n) is 12.1. The minimum atomic E-state index is -8.50. The van der Waals surface area contributed by atoms with E-state index in [1.165, 1.54) is 21.5 Å². The fourth-order valence-corrected chi connectivity index (χ4v) is 7.22. The van der Waals surface area contributed by atoms with Gasteiger partial charge in [0.15, 0.2) is 0 Å². The molecule has 0 aliphatic carbocycles. The SMILES string of the molecule is Cc1[c-]cccc1.[N-]=C=C(C(=O)C(F)(F)C(F)(F)C(F)(F)C(F)(F)C(F)(F)C(F)(F)C(F)(F)F)C1=NCCC1.[Ni+2].c1ccc(P(c2ccccc2)c2ccccc2)cc1.